The summed E-state index contributed by atoms with van der Waals surface area (Å²) < 4.78 is 44.4. The summed E-state index contributed by atoms with van der Waals surface area (Å²) in [4.78, 5) is 33.9. The molecule has 11 heteroatoms. The van der Waals surface area contributed by atoms with E-state index in [-0.39, 0.29) is 38.0 Å². The average molecular weight is 487 g/mol. The van der Waals surface area contributed by atoms with E-state index in [4.69, 9.17) is 4.42 Å². The predicted octanol–water partition coefficient (Wildman–Crippen LogP) is 4.13. The first-order valence-corrected chi connectivity index (χ1v) is 10.8. The highest BCUT2D eigenvalue weighted by Crippen LogP contribution is 2.30. The Morgan fingerprint density at radius 1 is 1.11 bits per heavy atom. The molecule has 1 aromatic heterocycles. The molecule has 0 spiro atoms. The smallest absolute Gasteiger partial charge is 0.416 e. The summed E-state index contributed by atoms with van der Waals surface area (Å²) in [6, 6.07) is 12.1. The summed E-state index contributed by atoms with van der Waals surface area (Å²) in [5.74, 6) is -0.526. The Balaban J connectivity index is 1.35. The van der Waals surface area contributed by atoms with Crippen LogP contribution in [0.2, 0.25) is 0 Å². The number of urea groups is 1. The number of aromatic nitrogens is 1. The van der Waals surface area contributed by atoms with Crippen LogP contribution in [0.3, 0.4) is 0 Å². The van der Waals surface area contributed by atoms with Crippen molar-refractivity contribution >= 4 is 23.6 Å². The minimum Gasteiger partial charge on any atom is -0.418 e. The number of benzene rings is 2. The molecule has 1 aliphatic rings. The lowest BCUT2D eigenvalue weighted by atomic mass is 10.1. The topological polar surface area (TPSA) is 81.9 Å². The quantitative estimate of drug-likeness (QED) is 0.542. The van der Waals surface area contributed by atoms with Crippen LogP contribution < -0.4 is 15.1 Å². The van der Waals surface area contributed by atoms with Crippen molar-refractivity contribution in [1.29, 1.82) is 0 Å². The third-order valence-corrected chi connectivity index (χ3v) is 5.58. The molecule has 0 atom stereocenters. The van der Waals surface area contributed by atoms with E-state index >= 15 is 0 Å². The molecule has 184 valence electrons. The Kier molecular flexibility index (Phi) is 6.68. The number of halogens is 3. The van der Waals surface area contributed by atoms with Gasteiger partial charge in [-0.15, -0.1) is 0 Å². The minimum absolute atomic E-state index is 0.0138. The number of rotatable bonds is 7. The van der Waals surface area contributed by atoms with Crippen LogP contribution in [-0.4, -0.2) is 49.0 Å². The lowest BCUT2D eigenvalue weighted by Crippen LogP contribution is -2.31. The molecule has 4 rings (SSSR count). The first-order valence-electron chi connectivity index (χ1n) is 10.8. The van der Waals surface area contributed by atoms with Crippen molar-refractivity contribution in [2.24, 2.45) is 0 Å². The number of hydrogen-bond donors (Lipinski definition) is 1. The van der Waals surface area contributed by atoms with Gasteiger partial charge in [0, 0.05) is 46.0 Å². The highest BCUT2D eigenvalue weighted by atomic mass is 19.4. The molecule has 2 heterocycles. The molecule has 0 radical (unpaired) electrons. The van der Waals surface area contributed by atoms with Crippen molar-refractivity contribution in [3.8, 4) is 0 Å². The largest absolute Gasteiger partial charge is 0.418 e. The van der Waals surface area contributed by atoms with Gasteiger partial charge in [0.25, 0.3) is 5.91 Å². The lowest BCUT2D eigenvalue weighted by molar-refractivity contribution is -0.137. The molecule has 1 aliphatic heterocycles. The van der Waals surface area contributed by atoms with Gasteiger partial charge in [-0.3, -0.25) is 4.79 Å². The predicted molar refractivity (Wildman–Crippen MR) is 123 cm³/mol. The third-order valence-electron chi connectivity index (χ3n) is 5.58. The molecule has 0 saturated carbocycles. The molecule has 3 aromatic rings. The SMILES string of the molecule is CN(C)c1ccc(CNC(=O)c2cnc(N3CCN(Cc4cccc(C(F)(F)F)c4)C3=O)o2)cc1. The zero-order valence-electron chi connectivity index (χ0n) is 19.2. The Bertz CT molecular complexity index is 1210. The van der Waals surface area contributed by atoms with E-state index in [9.17, 15) is 22.8 Å². The zero-order chi connectivity index (χ0) is 25.2. The maximum absolute atomic E-state index is 13.0. The minimum atomic E-state index is -4.46. The first-order chi connectivity index (χ1) is 16.6. The van der Waals surface area contributed by atoms with Crippen LogP contribution in [0.15, 0.2) is 59.1 Å². The van der Waals surface area contributed by atoms with Gasteiger partial charge >= 0.3 is 18.2 Å². The van der Waals surface area contributed by atoms with Crippen molar-refractivity contribution in [3.63, 3.8) is 0 Å². The van der Waals surface area contributed by atoms with Gasteiger partial charge in [-0.05, 0) is 35.4 Å². The summed E-state index contributed by atoms with van der Waals surface area (Å²) in [7, 11) is 3.88. The second-order valence-electron chi connectivity index (χ2n) is 8.30. The Hall–Kier alpha value is -4.02. The van der Waals surface area contributed by atoms with Gasteiger partial charge in [0.2, 0.25) is 5.76 Å². The Morgan fingerprint density at radius 2 is 1.86 bits per heavy atom. The molecule has 1 N–H and O–H groups in total. The van der Waals surface area contributed by atoms with Crippen LogP contribution in [-0.2, 0) is 19.3 Å². The molecule has 8 nitrogen and oxygen atoms in total. The van der Waals surface area contributed by atoms with Crippen molar-refractivity contribution in [2.75, 3.05) is 37.0 Å². The fraction of sp³-hybridized carbons (Fsp3) is 0.292. The zero-order valence-corrected chi connectivity index (χ0v) is 19.2. The fourth-order valence-corrected chi connectivity index (χ4v) is 3.65. The van der Waals surface area contributed by atoms with E-state index in [0.29, 0.717) is 5.56 Å². The normalized spacial score (nSPS) is 13.9. The van der Waals surface area contributed by atoms with E-state index in [1.165, 1.54) is 28.1 Å². The Morgan fingerprint density at radius 3 is 2.54 bits per heavy atom. The van der Waals surface area contributed by atoms with E-state index in [1.54, 1.807) is 0 Å². The number of nitrogens with one attached hydrogen (secondary N) is 1. The lowest BCUT2D eigenvalue weighted by Gasteiger charge is -2.17. The molecule has 3 amide bonds. The van der Waals surface area contributed by atoms with E-state index in [1.807, 2.05) is 43.3 Å². The Labute approximate surface area is 199 Å². The number of anilines is 2. The number of amides is 3. The molecule has 0 aliphatic carbocycles. The summed E-state index contributed by atoms with van der Waals surface area (Å²) in [5, 5.41) is 2.75. The van der Waals surface area contributed by atoms with Gasteiger partial charge in [0.15, 0.2) is 0 Å². The van der Waals surface area contributed by atoms with Gasteiger partial charge in [-0.1, -0.05) is 24.3 Å². The summed E-state index contributed by atoms with van der Waals surface area (Å²) in [5.41, 5.74) is 1.54. The van der Waals surface area contributed by atoms with E-state index < -0.39 is 23.7 Å². The van der Waals surface area contributed by atoms with Crippen molar-refractivity contribution in [1.82, 2.24) is 15.2 Å². The van der Waals surface area contributed by atoms with Gasteiger partial charge in [0.05, 0.1) is 11.8 Å². The van der Waals surface area contributed by atoms with Crippen molar-refractivity contribution in [2.45, 2.75) is 19.3 Å². The maximum atomic E-state index is 13.0. The number of hydrogen-bond acceptors (Lipinski definition) is 5. The average Bonchev–Trinajstić information content (AvgIpc) is 3.45. The highest BCUT2D eigenvalue weighted by molar-refractivity contribution is 5.94. The van der Waals surface area contributed by atoms with Gasteiger partial charge in [-0.25, -0.2) is 14.7 Å². The number of oxazole rings is 1. The van der Waals surface area contributed by atoms with Crippen molar-refractivity contribution in [3.05, 3.63) is 77.2 Å². The van der Waals surface area contributed by atoms with Crippen LogP contribution >= 0.6 is 0 Å². The van der Waals surface area contributed by atoms with E-state index in [2.05, 4.69) is 10.3 Å². The second-order valence-corrected chi connectivity index (χ2v) is 8.30. The molecule has 2 aromatic carbocycles. The van der Waals surface area contributed by atoms with Crippen LogP contribution in [0, 0.1) is 0 Å². The van der Waals surface area contributed by atoms with E-state index in [0.717, 1.165) is 23.4 Å². The summed E-state index contributed by atoms with van der Waals surface area (Å²) in [6.07, 6.45) is -3.22. The second kappa shape index (κ2) is 9.69. The number of carbonyl (C=O) groups excluding carboxylic acids is 2. The number of carbonyl (C=O) groups is 2. The standard InChI is InChI=1S/C24H24F3N5O3/c1-30(2)19-8-6-16(7-9-19)13-28-21(33)20-14-29-22(35-20)32-11-10-31(23(32)34)15-17-4-3-5-18(12-17)24(25,26)27/h3-9,12,14H,10-11,13,15H2,1-2H3,(H,28,33). The van der Waals surface area contributed by atoms with Crippen LogP contribution in [0.5, 0.6) is 0 Å². The maximum Gasteiger partial charge on any atom is 0.416 e. The van der Waals surface area contributed by atoms with Crippen molar-refractivity contribution < 1.29 is 27.2 Å². The van der Waals surface area contributed by atoms with Gasteiger partial charge in [0.1, 0.15) is 0 Å². The summed E-state index contributed by atoms with van der Waals surface area (Å²) >= 11 is 0. The van der Waals surface area contributed by atoms with Gasteiger partial charge in [-0.2, -0.15) is 13.2 Å². The molecule has 0 bridgehead atoms. The molecular weight excluding hydrogens is 463 g/mol. The highest BCUT2D eigenvalue weighted by Gasteiger charge is 2.34. The monoisotopic (exact) mass is 487 g/mol. The molecule has 1 fully saturated rings. The molecule has 0 unspecified atom stereocenters. The first kappa shape index (κ1) is 24.1. The molecule has 1 saturated heterocycles. The third kappa shape index (κ3) is 5.56. The molecule has 35 heavy (non-hydrogen) atoms. The van der Waals surface area contributed by atoms with Crippen LogP contribution in [0.4, 0.5) is 29.7 Å². The number of alkyl halides is 3. The fourth-order valence-electron chi connectivity index (χ4n) is 3.65. The number of nitrogens with zero attached hydrogens (tertiary/aromatic N) is 4. The van der Waals surface area contributed by atoms with Crippen LogP contribution in [0.1, 0.15) is 27.2 Å². The van der Waals surface area contributed by atoms with Gasteiger partial charge < -0.3 is 19.5 Å². The van der Waals surface area contributed by atoms with Crippen LogP contribution in [0.25, 0.3) is 0 Å². The summed E-state index contributed by atoms with van der Waals surface area (Å²) in [6.45, 7) is 0.815. The molecular formula is C24H24F3N5O3.